The number of amides is 1. The Morgan fingerprint density at radius 3 is 2.11 bits per heavy atom. The number of hydrogen-bond acceptors (Lipinski definition) is 5. The minimum absolute atomic E-state index is 0.0548. The van der Waals surface area contributed by atoms with E-state index >= 15 is 0 Å². The summed E-state index contributed by atoms with van der Waals surface area (Å²) in [6.07, 6.45) is -1.36. The first-order valence-electron chi connectivity index (χ1n) is 9.34. The third-order valence-corrected chi connectivity index (χ3v) is 9.59. The van der Waals surface area contributed by atoms with Crippen LogP contribution in [0.25, 0.3) is 0 Å². The Kier molecular flexibility index (Phi) is 9.10. The zero-order chi connectivity index (χ0) is 20.7. The lowest BCUT2D eigenvalue weighted by atomic mass is 10.1. The molecule has 0 aliphatic carbocycles. The van der Waals surface area contributed by atoms with E-state index in [9.17, 15) is 15.0 Å². The van der Waals surface area contributed by atoms with Gasteiger partial charge >= 0.3 is 0 Å². The van der Waals surface area contributed by atoms with E-state index in [1.165, 1.54) is 6.92 Å². The average molecular weight is 398 g/mol. The third-order valence-electron chi connectivity index (χ3n) is 5.09. The smallest absolute Gasteiger partial charge is 0.217 e. The summed E-state index contributed by atoms with van der Waals surface area (Å²) in [5, 5.41) is 22.6. The Hall–Kier alpha value is -1.25. The van der Waals surface area contributed by atoms with E-state index < -0.39 is 26.6 Å². The van der Waals surface area contributed by atoms with Gasteiger partial charge < -0.3 is 24.7 Å². The van der Waals surface area contributed by atoms with Crippen LogP contribution in [0.3, 0.4) is 0 Å². The molecule has 0 aliphatic heterocycles. The van der Waals surface area contributed by atoms with Crippen molar-refractivity contribution in [2.45, 2.75) is 70.7 Å². The molecule has 3 N–H and O–H groups in total. The quantitative estimate of drug-likeness (QED) is 0.528. The summed E-state index contributed by atoms with van der Waals surface area (Å²) >= 11 is 0. The van der Waals surface area contributed by atoms with Crippen LogP contribution in [0.4, 0.5) is 0 Å². The molecule has 0 saturated heterocycles. The summed E-state index contributed by atoms with van der Waals surface area (Å²) in [6, 6.07) is 8.94. The van der Waals surface area contributed by atoms with Crippen LogP contribution in [-0.2, 0) is 20.6 Å². The van der Waals surface area contributed by atoms with Gasteiger partial charge in [0.2, 0.25) is 5.91 Å². The second-order valence-electron chi connectivity index (χ2n) is 8.34. The highest BCUT2D eigenvalue weighted by Crippen LogP contribution is 2.37. The number of aliphatic hydroxyl groups is 2. The number of hydrogen-bond donors (Lipinski definition) is 3. The van der Waals surface area contributed by atoms with E-state index in [1.807, 2.05) is 30.3 Å². The molecule has 0 heterocycles. The lowest BCUT2D eigenvalue weighted by molar-refractivity contribution is -0.124. The summed E-state index contributed by atoms with van der Waals surface area (Å²) in [5.74, 6) is -0.265. The van der Waals surface area contributed by atoms with Gasteiger partial charge in [0.25, 0.3) is 0 Å². The third kappa shape index (κ3) is 7.35. The maximum atomic E-state index is 11.8. The highest BCUT2D eigenvalue weighted by molar-refractivity contribution is 6.74. The average Bonchev–Trinajstić information content (AvgIpc) is 2.59. The number of ether oxygens (including phenoxy) is 1. The minimum Gasteiger partial charge on any atom is -0.409 e. The number of carbonyl (C=O) groups is 1. The van der Waals surface area contributed by atoms with Gasteiger partial charge in [0.05, 0.1) is 32.0 Å². The molecule has 0 bridgehead atoms. The van der Waals surface area contributed by atoms with Gasteiger partial charge in [-0.05, 0) is 23.7 Å². The van der Waals surface area contributed by atoms with Crippen LogP contribution in [-0.4, -0.2) is 55.9 Å². The molecule has 1 rings (SSSR count). The summed E-state index contributed by atoms with van der Waals surface area (Å²) in [7, 11) is -2.20. The van der Waals surface area contributed by atoms with Crippen molar-refractivity contribution in [2.75, 3.05) is 13.2 Å². The normalized spacial score (nSPS) is 15.9. The van der Waals surface area contributed by atoms with Crippen molar-refractivity contribution < 1.29 is 24.2 Å². The summed E-state index contributed by atoms with van der Waals surface area (Å²) in [6.45, 7) is 11.6. The number of nitrogens with one attached hydrogen (secondary N) is 1. The molecule has 3 atom stereocenters. The van der Waals surface area contributed by atoms with Gasteiger partial charge in [0, 0.05) is 6.92 Å². The fourth-order valence-corrected chi connectivity index (χ4v) is 3.82. The molecule has 0 radical (unpaired) electrons. The van der Waals surface area contributed by atoms with E-state index in [2.05, 4.69) is 39.2 Å². The van der Waals surface area contributed by atoms with Gasteiger partial charge in [-0.25, -0.2) is 0 Å². The predicted octanol–water partition coefficient (Wildman–Crippen LogP) is 2.45. The molecular weight excluding hydrogens is 362 g/mol. The molecule has 0 aromatic heterocycles. The van der Waals surface area contributed by atoms with Gasteiger partial charge in [-0.2, -0.15) is 0 Å². The van der Waals surface area contributed by atoms with Crippen molar-refractivity contribution in [3.8, 4) is 0 Å². The molecule has 6 nitrogen and oxygen atoms in total. The Labute approximate surface area is 164 Å². The Morgan fingerprint density at radius 2 is 1.67 bits per heavy atom. The van der Waals surface area contributed by atoms with Crippen LogP contribution in [0.5, 0.6) is 0 Å². The molecule has 0 saturated carbocycles. The highest BCUT2D eigenvalue weighted by atomic mass is 28.4. The molecule has 7 heteroatoms. The first-order valence-corrected chi connectivity index (χ1v) is 12.2. The van der Waals surface area contributed by atoms with E-state index in [1.54, 1.807) is 0 Å². The minimum atomic E-state index is -2.20. The van der Waals surface area contributed by atoms with Crippen LogP contribution >= 0.6 is 0 Å². The molecule has 154 valence electrons. The molecule has 0 unspecified atom stereocenters. The van der Waals surface area contributed by atoms with Crippen LogP contribution in [0.1, 0.15) is 33.3 Å². The zero-order valence-corrected chi connectivity index (χ0v) is 18.4. The second-order valence-corrected chi connectivity index (χ2v) is 13.1. The monoisotopic (exact) mass is 397 g/mol. The summed E-state index contributed by atoms with van der Waals surface area (Å²) in [5.41, 5.74) is 0.961. The van der Waals surface area contributed by atoms with E-state index in [0.717, 1.165) is 5.56 Å². The van der Waals surface area contributed by atoms with Crippen molar-refractivity contribution in [3.63, 3.8) is 0 Å². The number of carbonyl (C=O) groups excluding carboxylic acids is 1. The Morgan fingerprint density at radius 1 is 1.11 bits per heavy atom. The molecule has 0 aliphatic rings. The van der Waals surface area contributed by atoms with E-state index in [4.69, 9.17) is 9.16 Å². The van der Waals surface area contributed by atoms with Crippen LogP contribution in [0.2, 0.25) is 18.1 Å². The zero-order valence-electron chi connectivity index (χ0n) is 17.4. The summed E-state index contributed by atoms with van der Waals surface area (Å²) < 4.78 is 12.2. The topological polar surface area (TPSA) is 88.0 Å². The van der Waals surface area contributed by atoms with Crippen LogP contribution < -0.4 is 5.32 Å². The van der Waals surface area contributed by atoms with Crippen molar-refractivity contribution in [1.29, 1.82) is 0 Å². The van der Waals surface area contributed by atoms with Gasteiger partial charge in [-0.1, -0.05) is 51.1 Å². The van der Waals surface area contributed by atoms with Gasteiger partial charge in [-0.15, -0.1) is 0 Å². The predicted molar refractivity (Wildman–Crippen MR) is 109 cm³/mol. The van der Waals surface area contributed by atoms with Crippen molar-refractivity contribution >= 4 is 14.2 Å². The van der Waals surface area contributed by atoms with Gasteiger partial charge in [-0.3, -0.25) is 4.79 Å². The molecule has 0 spiro atoms. The Bertz CT molecular complexity index is 573. The lowest BCUT2D eigenvalue weighted by Gasteiger charge is -2.42. The fourth-order valence-electron chi connectivity index (χ4n) is 2.49. The SMILES string of the molecule is CC(=O)N[C@H]([C@H](CO)OCc1ccccc1)[C@@H](CO)O[Si](C)(C)C(C)(C)C. The van der Waals surface area contributed by atoms with Crippen molar-refractivity contribution in [2.24, 2.45) is 0 Å². The van der Waals surface area contributed by atoms with Crippen molar-refractivity contribution in [1.82, 2.24) is 5.32 Å². The first-order chi connectivity index (χ1) is 12.5. The Balaban J connectivity index is 2.98. The highest BCUT2D eigenvalue weighted by Gasteiger charge is 2.42. The molecule has 0 fully saturated rings. The number of rotatable bonds is 10. The number of benzene rings is 1. The van der Waals surface area contributed by atoms with Gasteiger partial charge in [0.15, 0.2) is 8.32 Å². The molecule has 1 aromatic carbocycles. The summed E-state index contributed by atoms with van der Waals surface area (Å²) in [4.78, 5) is 11.8. The van der Waals surface area contributed by atoms with Gasteiger partial charge in [0.1, 0.15) is 6.10 Å². The molecule has 1 amide bonds. The van der Waals surface area contributed by atoms with E-state index in [0.29, 0.717) is 6.61 Å². The van der Waals surface area contributed by atoms with Crippen LogP contribution in [0.15, 0.2) is 30.3 Å². The molecule has 27 heavy (non-hydrogen) atoms. The maximum Gasteiger partial charge on any atom is 0.217 e. The standard InChI is InChI=1S/C20H35NO5Si/c1-15(24)21-19(18(13-23)26-27(5,6)20(2,3)4)17(12-22)25-14-16-10-8-7-9-11-16/h7-11,17-19,22-23H,12-14H2,1-6H3,(H,21,24)/t17-,18+,19+/m0/s1. The molecular formula is C20H35NO5Si. The van der Waals surface area contributed by atoms with Crippen molar-refractivity contribution in [3.05, 3.63) is 35.9 Å². The molecule has 1 aromatic rings. The lowest BCUT2D eigenvalue weighted by Crippen LogP contribution is -2.58. The first kappa shape index (κ1) is 23.8. The van der Waals surface area contributed by atoms with Crippen LogP contribution in [0, 0.1) is 0 Å². The second kappa shape index (κ2) is 10.3. The fraction of sp³-hybridized carbons (Fsp3) is 0.650. The number of aliphatic hydroxyl groups excluding tert-OH is 2. The maximum absolute atomic E-state index is 11.8. The largest absolute Gasteiger partial charge is 0.409 e. The van der Waals surface area contributed by atoms with E-state index in [-0.39, 0.29) is 24.2 Å².